The minimum Gasteiger partial charge on any atom is -0.382 e. The number of aromatic nitrogens is 2. The van der Waals surface area contributed by atoms with Crippen LogP contribution in [0.15, 0.2) is 12.4 Å². The van der Waals surface area contributed by atoms with Gasteiger partial charge in [-0.2, -0.15) is 0 Å². The summed E-state index contributed by atoms with van der Waals surface area (Å²) < 4.78 is 0. The van der Waals surface area contributed by atoms with Gasteiger partial charge in [0.1, 0.15) is 11.6 Å². The van der Waals surface area contributed by atoms with Crippen LogP contribution in [-0.4, -0.2) is 23.1 Å². The molecule has 2 N–H and O–H groups in total. The lowest BCUT2D eigenvalue weighted by Crippen LogP contribution is -2.32. The molecule has 0 saturated heterocycles. The average molecular weight is 222 g/mol. The summed E-state index contributed by atoms with van der Waals surface area (Å²) in [5.41, 5.74) is 5.66. The quantitative estimate of drug-likeness (QED) is 0.829. The number of nitrogen functional groups attached to an aromatic ring is 1. The van der Waals surface area contributed by atoms with Gasteiger partial charge in [0.05, 0.1) is 12.4 Å². The second kappa shape index (κ2) is 5.68. The summed E-state index contributed by atoms with van der Waals surface area (Å²) in [7, 11) is 0. The zero-order chi connectivity index (χ0) is 12.1. The maximum absolute atomic E-state index is 5.66. The highest BCUT2D eigenvalue weighted by Gasteiger charge is 2.12. The van der Waals surface area contributed by atoms with Crippen LogP contribution in [0.4, 0.5) is 11.6 Å². The van der Waals surface area contributed by atoms with E-state index in [4.69, 9.17) is 5.73 Å². The van der Waals surface area contributed by atoms with E-state index in [1.165, 1.54) is 0 Å². The molecule has 1 rings (SSSR count). The third kappa shape index (κ3) is 4.04. The van der Waals surface area contributed by atoms with Crippen molar-refractivity contribution in [2.24, 2.45) is 11.8 Å². The molecule has 0 unspecified atom stereocenters. The van der Waals surface area contributed by atoms with Gasteiger partial charge >= 0.3 is 0 Å². The molecule has 1 heterocycles. The second-order valence-electron chi connectivity index (χ2n) is 4.99. The SMILES string of the molecule is CC(C)CN(CC(C)C)c1cncc(N)n1. The normalized spacial score (nSPS) is 11.1. The molecule has 0 atom stereocenters. The van der Waals surface area contributed by atoms with Crippen LogP contribution in [0, 0.1) is 11.8 Å². The molecule has 90 valence electrons. The van der Waals surface area contributed by atoms with Gasteiger partial charge in [-0.15, -0.1) is 0 Å². The largest absolute Gasteiger partial charge is 0.382 e. The lowest BCUT2D eigenvalue weighted by Gasteiger charge is -2.27. The Morgan fingerprint density at radius 1 is 1.12 bits per heavy atom. The van der Waals surface area contributed by atoms with Crippen LogP contribution in [0.3, 0.4) is 0 Å². The van der Waals surface area contributed by atoms with Gasteiger partial charge in [0, 0.05) is 13.1 Å². The first-order valence-corrected chi connectivity index (χ1v) is 5.81. The lowest BCUT2D eigenvalue weighted by molar-refractivity contribution is 0.548. The Morgan fingerprint density at radius 2 is 1.69 bits per heavy atom. The number of anilines is 2. The van der Waals surface area contributed by atoms with Crippen molar-refractivity contribution in [2.75, 3.05) is 23.7 Å². The van der Waals surface area contributed by atoms with E-state index in [2.05, 4.69) is 42.6 Å². The summed E-state index contributed by atoms with van der Waals surface area (Å²) >= 11 is 0. The molecule has 0 fully saturated rings. The topological polar surface area (TPSA) is 55.0 Å². The monoisotopic (exact) mass is 222 g/mol. The van der Waals surface area contributed by atoms with Gasteiger partial charge < -0.3 is 10.6 Å². The van der Waals surface area contributed by atoms with E-state index >= 15 is 0 Å². The number of hydrogen-bond acceptors (Lipinski definition) is 4. The fraction of sp³-hybridized carbons (Fsp3) is 0.667. The molecule has 0 amide bonds. The molecule has 0 aliphatic heterocycles. The van der Waals surface area contributed by atoms with Gasteiger partial charge in [0.15, 0.2) is 0 Å². The Labute approximate surface area is 97.9 Å². The predicted molar refractivity (Wildman–Crippen MR) is 68.3 cm³/mol. The first kappa shape index (κ1) is 12.7. The summed E-state index contributed by atoms with van der Waals surface area (Å²) in [6.07, 6.45) is 3.35. The molecule has 4 nitrogen and oxygen atoms in total. The molecule has 4 heteroatoms. The Morgan fingerprint density at radius 3 is 2.12 bits per heavy atom. The number of hydrogen-bond donors (Lipinski definition) is 1. The molecular weight excluding hydrogens is 200 g/mol. The minimum atomic E-state index is 0.481. The predicted octanol–water partition coefficient (Wildman–Crippen LogP) is 2.18. The Bertz CT molecular complexity index is 313. The first-order valence-electron chi connectivity index (χ1n) is 5.81. The lowest BCUT2D eigenvalue weighted by atomic mass is 10.1. The van der Waals surface area contributed by atoms with Crippen molar-refractivity contribution >= 4 is 11.6 Å². The van der Waals surface area contributed by atoms with Crippen molar-refractivity contribution in [3.8, 4) is 0 Å². The fourth-order valence-corrected chi connectivity index (χ4v) is 1.67. The Kier molecular flexibility index (Phi) is 4.52. The molecule has 16 heavy (non-hydrogen) atoms. The smallest absolute Gasteiger partial charge is 0.149 e. The summed E-state index contributed by atoms with van der Waals surface area (Å²) in [6, 6.07) is 0. The second-order valence-corrected chi connectivity index (χ2v) is 4.99. The Balaban J connectivity index is 2.82. The number of rotatable bonds is 5. The summed E-state index contributed by atoms with van der Waals surface area (Å²) in [4.78, 5) is 10.7. The first-order chi connectivity index (χ1) is 7.49. The summed E-state index contributed by atoms with van der Waals surface area (Å²) in [5.74, 6) is 2.56. The zero-order valence-electron chi connectivity index (χ0n) is 10.6. The van der Waals surface area contributed by atoms with Crippen LogP contribution in [0.25, 0.3) is 0 Å². The van der Waals surface area contributed by atoms with E-state index in [1.54, 1.807) is 12.4 Å². The highest BCUT2D eigenvalue weighted by Crippen LogP contribution is 2.14. The zero-order valence-corrected chi connectivity index (χ0v) is 10.6. The van der Waals surface area contributed by atoms with Gasteiger partial charge in [0.2, 0.25) is 0 Å². The molecule has 1 aromatic heterocycles. The van der Waals surface area contributed by atoms with Crippen LogP contribution in [0.1, 0.15) is 27.7 Å². The minimum absolute atomic E-state index is 0.481. The summed E-state index contributed by atoms with van der Waals surface area (Å²) in [5, 5.41) is 0. The molecular formula is C12H22N4. The van der Waals surface area contributed by atoms with Crippen LogP contribution in [-0.2, 0) is 0 Å². The molecule has 0 saturated carbocycles. The van der Waals surface area contributed by atoms with Crippen molar-refractivity contribution in [3.63, 3.8) is 0 Å². The standard InChI is InChI=1S/C12H22N4/c1-9(2)7-16(8-10(3)4)12-6-14-5-11(13)15-12/h5-6,9-10H,7-8H2,1-4H3,(H2,13,15). The maximum Gasteiger partial charge on any atom is 0.149 e. The van der Waals surface area contributed by atoms with Crippen molar-refractivity contribution in [1.82, 2.24) is 9.97 Å². The van der Waals surface area contributed by atoms with E-state index in [0.717, 1.165) is 18.9 Å². The van der Waals surface area contributed by atoms with Crippen molar-refractivity contribution < 1.29 is 0 Å². The molecule has 0 aliphatic carbocycles. The van der Waals surface area contributed by atoms with Gasteiger partial charge in [-0.25, -0.2) is 4.98 Å². The Hall–Kier alpha value is -1.32. The maximum atomic E-state index is 5.66. The van der Waals surface area contributed by atoms with E-state index in [0.29, 0.717) is 17.7 Å². The fourth-order valence-electron chi connectivity index (χ4n) is 1.67. The molecule has 0 spiro atoms. The average Bonchev–Trinajstić information content (AvgIpc) is 2.15. The number of nitrogens with two attached hydrogens (primary N) is 1. The van der Waals surface area contributed by atoms with Crippen LogP contribution in [0.5, 0.6) is 0 Å². The third-order valence-electron chi connectivity index (χ3n) is 2.14. The molecule has 0 radical (unpaired) electrons. The van der Waals surface area contributed by atoms with Crippen molar-refractivity contribution in [2.45, 2.75) is 27.7 Å². The molecule has 0 bridgehead atoms. The van der Waals surface area contributed by atoms with Crippen molar-refractivity contribution in [3.05, 3.63) is 12.4 Å². The van der Waals surface area contributed by atoms with Gasteiger partial charge in [-0.3, -0.25) is 4.98 Å². The highest BCUT2D eigenvalue weighted by atomic mass is 15.2. The van der Waals surface area contributed by atoms with Crippen LogP contribution < -0.4 is 10.6 Å². The van der Waals surface area contributed by atoms with Crippen molar-refractivity contribution in [1.29, 1.82) is 0 Å². The van der Waals surface area contributed by atoms with Gasteiger partial charge in [0.25, 0.3) is 0 Å². The summed E-state index contributed by atoms with van der Waals surface area (Å²) in [6.45, 7) is 10.8. The molecule has 1 aromatic rings. The molecule has 0 aromatic carbocycles. The van der Waals surface area contributed by atoms with E-state index in [-0.39, 0.29) is 0 Å². The van der Waals surface area contributed by atoms with Crippen LogP contribution in [0.2, 0.25) is 0 Å². The van der Waals surface area contributed by atoms with Crippen LogP contribution >= 0.6 is 0 Å². The third-order valence-corrected chi connectivity index (χ3v) is 2.14. The highest BCUT2D eigenvalue weighted by molar-refractivity contribution is 5.41. The number of nitrogens with zero attached hydrogens (tertiary/aromatic N) is 3. The van der Waals surface area contributed by atoms with Gasteiger partial charge in [-0.05, 0) is 11.8 Å². The van der Waals surface area contributed by atoms with E-state index in [1.807, 2.05) is 0 Å². The van der Waals surface area contributed by atoms with Gasteiger partial charge in [-0.1, -0.05) is 27.7 Å². The molecule has 0 aliphatic rings. The van der Waals surface area contributed by atoms with E-state index < -0.39 is 0 Å². The van der Waals surface area contributed by atoms with E-state index in [9.17, 15) is 0 Å².